The van der Waals surface area contributed by atoms with Crippen LogP contribution in [0.1, 0.15) is 11.1 Å². The van der Waals surface area contributed by atoms with Crippen molar-refractivity contribution in [3.8, 4) is 5.75 Å². The Bertz CT molecular complexity index is 1350. The monoisotopic (exact) mass is 451 g/mol. The lowest BCUT2D eigenvalue weighted by Crippen LogP contribution is -2.27. The van der Waals surface area contributed by atoms with Gasteiger partial charge in [-0.05, 0) is 34.2 Å². The van der Waals surface area contributed by atoms with Crippen LogP contribution in [-0.2, 0) is 11.3 Å². The van der Waals surface area contributed by atoms with E-state index in [0.29, 0.717) is 17.8 Å². The maximum Gasteiger partial charge on any atom is 0.318 e. The maximum atomic E-state index is 12.9. The number of hydrogen-bond acceptors (Lipinski definition) is 8. The molecular formula is C21H13N3O7S. The van der Waals surface area contributed by atoms with Crippen LogP contribution < -0.4 is 0 Å². The van der Waals surface area contributed by atoms with E-state index < -0.39 is 38.1 Å². The Morgan fingerprint density at radius 1 is 1.00 bits per heavy atom. The molecule has 32 heavy (non-hydrogen) atoms. The second-order valence-electron chi connectivity index (χ2n) is 6.82. The summed E-state index contributed by atoms with van der Waals surface area (Å²) in [6.07, 6.45) is 1.04. The number of benzene rings is 3. The molecule has 160 valence electrons. The van der Waals surface area contributed by atoms with Gasteiger partial charge in [-0.1, -0.05) is 42.5 Å². The lowest BCUT2D eigenvalue weighted by Gasteiger charge is -2.14. The fourth-order valence-corrected chi connectivity index (χ4v) is 4.19. The van der Waals surface area contributed by atoms with E-state index in [2.05, 4.69) is 0 Å². The van der Waals surface area contributed by atoms with E-state index in [0.717, 1.165) is 33.4 Å². The van der Waals surface area contributed by atoms with Crippen molar-refractivity contribution in [2.45, 2.75) is 6.54 Å². The number of thioether (sulfide) groups is 1. The van der Waals surface area contributed by atoms with Gasteiger partial charge in [-0.25, -0.2) is 0 Å². The summed E-state index contributed by atoms with van der Waals surface area (Å²) >= 11 is 0.586. The number of nitro benzene ring substituents is 2. The number of phenolic OH excluding ortho intramolecular Hbond substituents is 1. The van der Waals surface area contributed by atoms with Crippen molar-refractivity contribution in [1.82, 2.24) is 4.90 Å². The summed E-state index contributed by atoms with van der Waals surface area (Å²) < 4.78 is 0. The first-order valence-corrected chi connectivity index (χ1v) is 9.95. The average molecular weight is 451 g/mol. The number of nitro groups is 2. The second kappa shape index (κ2) is 8.12. The minimum Gasteiger partial charge on any atom is -0.502 e. The summed E-state index contributed by atoms with van der Waals surface area (Å²) in [5.41, 5.74) is -1.06. The molecule has 0 unspecified atom stereocenters. The molecule has 10 nitrogen and oxygen atoms in total. The molecule has 1 fully saturated rings. The molecular weight excluding hydrogens is 438 g/mol. The van der Waals surface area contributed by atoms with Gasteiger partial charge < -0.3 is 5.11 Å². The molecule has 11 heteroatoms. The highest BCUT2D eigenvalue weighted by molar-refractivity contribution is 8.18. The lowest BCUT2D eigenvalue weighted by atomic mass is 10.0. The van der Waals surface area contributed by atoms with Crippen LogP contribution in [0, 0.1) is 20.2 Å². The lowest BCUT2D eigenvalue weighted by molar-refractivity contribution is -0.394. The van der Waals surface area contributed by atoms with Crippen molar-refractivity contribution in [1.29, 1.82) is 0 Å². The first-order chi connectivity index (χ1) is 15.3. The third kappa shape index (κ3) is 3.76. The topological polar surface area (TPSA) is 144 Å². The van der Waals surface area contributed by atoms with Crippen molar-refractivity contribution in [3.63, 3.8) is 0 Å². The first-order valence-electron chi connectivity index (χ1n) is 9.14. The molecule has 1 saturated heterocycles. The standard InChI is InChI=1S/C21H13N3O7S/c25-19-14(8-15(23(28)29)10-17(19)24(30)31)9-18-20(26)22(21(27)32-18)11-13-6-3-5-12-4-1-2-7-16(12)13/h1-10,25H,11H2/b18-9-. The number of non-ortho nitro benzene ring substituents is 1. The predicted molar refractivity (Wildman–Crippen MR) is 117 cm³/mol. The van der Waals surface area contributed by atoms with Crippen molar-refractivity contribution >= 4 is 51.1 Å². The van der Waals surface area contributed by atoms with E-state index in [1.54, 1.807) is 6.07 Å². The van der Waals surface area contributed by atoms with Gasteiger partial charge in [0, 0.05) is 11.6 Å². The largest absolute Gasteiger partial charge is 0.502 e. The number of hydrogen-bond donors (Lipinski definition) is 1. The Labute approximate surface area is 184 Å². The number of nitrogens with zero attached hydrogens (tertiary/aromatic N) is 3. The SMILES string of the molecule is O=C1S/C(=C\c2cc([N+](=O)[O-])cc([N+](=O)[O-])c2O)C(=O)N1Cc1cccc2ccccc12. The Kier molecular flexibility index (Phi) is 5.33. The van der Waals surface area contributed by atoms with E-state index in [4.69, 9.17) is 0 Å². The van der Waals surface area contributed by atoms with Crippen LogP contribution in [0.25, 0.3) is 16.8 Å². The highest BCUT2D eigenvalue weighted by atomic mass is 32.2. The Morgan fingerprint density at radius 3 is 2.44 bits per heavy atom. The summed E-state index contributed by atoms with van der Waals surface area (Å²) in [5.74, 6) is -1.50. The highest BCUT2D eigenvalue weighted by Crippen LogP contribution is 2.39. The summed E-state index contributed by atoms with van der Waals surface area (Å²) in [6.45, 7) is 0.00439. The molecule has 0 bridgehead atoms. The van der Waals surface area contributed by atoms with E-state index in [-0.39, 0.29) is 17.0 Å². The zero-order chi connectivity index (χ0) is 23.0. The van der Waals surface area contributed by atoms with Crippen molar-refractivity contribution in [2.75, 3.05) is 0 Å². The van der Waals surface area contributed by atoms with Crippen LogP contribution in [0.4, 0.5) is 16.2 Å². The Hall–Kier alpha value is -4.25. The van der Waals surface area contributed by atoms with Gasteiger partial charge in [-0.2, -0.15) is 0 Å². The molecule has 1 aliphatic rings. The quantitative estimate of drug-likeness (QED) is 0.337. The van der Waals surface area contributed by atoms with Crippen molar-refractivity contribution in [3.05, 3.63) is 90.9 Å². The fourth-order valence-electron chi connectivity index (χ4n) is 3.36. The second-order valence-corrected chi connectivity index (χ2v) is 7.82. The number of phenols is 1. The van der Waals surface area contributed by atoms with Crippen LogP contribution in [0.5, 0.6) is 5.75 Å². The van der Waals surface area contributed by atoms with Gasteiger partial charge >= 0.3 is 5.69 Å². The molecule has 2 amide bonds. The summed E-state index contributed by atoms with van der Waals surface area (Å²) in [6, 6.07) is 14.5. The van der Waals surface area contributed by atoms with E-state index >= 15 is 0 Å². The minimum absolute atomic E-state index is 0.00439. The van der Waals surface area contributed by atoms with E-state index in [1.165, 1.54) is 0 Å². The van der Waals surface area contributed by atoms with Gasteiger partial charge in [-0.15, -0.1) is 0 Å². The highest BCUT2D eigenvalue weighted by Gasteiger charge is 2.36. The molecule has 3 aromatic rings. The molecule has 1 heterocycles. The molecule has 0 aliphatic carbocycles. The molecule has 1 aliphatic heterocycles. The molecule has 0 radical (unpaired) electrons. The summed E-state index contributed by atoms with van der Waals surface area (Å²) in [4.78, 5) is 46.7. The fraction of sp³-hybridized carbons (Fsp3) is 0.0476. The zero-order valence-electron chi connectivity index (χ0n) is 16.1. The van der Waals surface area contributed by atoms with E-state index in [9.17, 15) is 34.9 Å². The Balaban J connectivity index is 1.70. The van der Waals surface area contributed by atoms with Crippen LogP contribution >= 0.6 is 11.8 Å². The maximum absolute atomic E-state index is 12.9. The number of aromatic hydroxyl groups is 1. The summed E-state index contributed by atoms with van der Waals surface area (Å²) in [7, 11) is 0. The molecule has 1 N–H and O–H groups in total. The average Bonchev–Trinajstić information content (AvgIpc) is 3.02. The number of rotatable bonds is 5. The smallest absolute Gasteiger partial charge is 0.318 e. The number of carbonyl (C=O) groups excluding carboxylic acids is 2. The van der Waals surface area contributed by atoms with Gasteiger partial charge in [0.05, 0.1) is 27.4 Å². The van der Waals surface area contributed by atoms with Crippen molar-refractivity contribution < 1.29 is 24.5 Å². The first kappa shape index (κ1) is 21.0. The van der Waals surface area contributed by atoms with Crippen LogP contribution in [0.3, 0.4) is 0 Å². The van der Waals surface area contributed by atoms with Gasteiger partial charge in [0.15, 0.2) is 0 Å². The Morgan fingerprint density at radius 2 is 1.72 bits per heavy atom. The molecule has 0 atom stereocenters. The number of fused-ring (bicyclic) bond motifs is 1. The van der Waals surface area contributed by atoms with Gasteiger partial charge in [0.2, 0.25) is 5.75 Å². The number of imide groups is 1. The van der Waals surface area contributed by atoms with Gasteiger partial charge in [0.1, 0.15) is 0 Å². The normalized spacial score (nSPS) is 15.0. The zero-order valence-corrected chi connectivity index (χ0v) is 16.9. The van der Waals surface area contributed by atoms with Gasteiger partial charge in [-0.3, -0.25) is 34.7 Å². The number of carbonyl (C=O) groups is 2. The van der Waals surface area contributed by atoms with Crippen LogP contribution in [0.2, 0.25) is 0 Å². The molecule has 0 spiro atoms. The van der Waals surface area contributed by atoms with E-state index in [1.807, 2.05) is 36.4 Å². The number of amides is 2. The molecule has 0 saturated carbocycles. The van der Waals surface area contributed by atoms with Gasteiger partial charge in [0.25, 0.3) is 16.8 Å². The predicted octanol–water partition coefficient (Wildman–Crippen LogP) is 4.60. The molecule has 3 aromatic carbocycles. The molecule has 4 rings (SSSR count). The minimum atomic E-state index is -0.966. The molecule has 0 aromatic heterocycles. The van der Waals surface area contributed by atoms with Crippen molar-refractivity contribution in [2.24, 2.45) is 0 Å². The van der Waals surface area contributed by atoms with Crippen LogP contribution in [0.15, 0.2) is 59.5 Å². The third-order valence-electron chi connectivity index (χ3n) is 4.88. The van der Waals surface area contributed by atoms with Crippen LogP contribution in [-0.4, -0.2) is 31.0 Å². The third-order valence-corrected chi connectivity index (χ3v) is 5.79. The summed E-state index contributed by atoms with van der Waals surface area (Å²) in [5, 5.41) is 33.7.